The van der Waals surface area contributed by atoms with E-state index in [0.717, 1.165) is 0 Å². The van der Waals surface area contributed by atoms with Crippen molar-refractivity contribution < 1.29 is 27.5 Å². The van der Waals surface area contributed by atoms with Crippen molar-refractivity contribution in [3.63, 3.8) is 0 Å². The van der Waals surface area contributed by atoms with E-state index in [1.165, 1.54) is 39.4 Å². The van der Waals surface area contributed by atoms with Crippen LogP contribution < -0.4 is 4.74 Å². The van der Waals surface area contributed by atoms with Crippen LogP contribution in [0.5, 0.6) is 5.75 Å². The number of rotatable bonds is 3. The number of nitrogens with zero attached hydrogens (tertiary/aromatic N) is 3. The summed E-state index contributed by atoms with van der Waals surface area (Å²) in [6.45, 7) is 2.11. The molecule has 0 aliphatic carbocycles. The van der Waals surface area contributed by atoms with Gasteiger partial charge < -0.3 is 19.3 Å². The molecule has 2 fully saturated rings. The second-order valence-corrected chi connectivity index (χ2v) is 8.74. The van der Waals surface area contributed by atoms with Crippen molar-refractivity contribution in [3.05, 3.63) is 23.2 Å². The minimum atomic E-state index is -3.76. The zero-order chi connectivity index (χ0) is 20.3. The van der Waals surface area contributed by atoms with E-state index < -0.39 is 21.8 Å². The van der Waals surface area contributed by atoms with Gasteiger partial charge >= 0.3 is 11.8 Å². The zero-order valence-corrected chi connectivity index (χ0v) is 17.0. The van der Waals surface area contributed by atoms with E-state index in [4.69, 9.17) is 21.1 Å². The van der Waals surface area contributed by atoms with Crippen molar-refractivity contribution in [2.24, 2.45) is 0 Å². The molecule has 0 N–H and O–H groups in total. The Morgan fingerprint density at radius 3 is 2.11 bits per heavy atom. The van der Waals surface area contributed by atoms with Gasteiger partial charge in [-0.15, -0.1) is 0 Å². The van der Waals surface area contributed by atoms with Crippen molar-refractivity contribution in [1.29, 1.82) is 0 Å². The van der Waals surface area contributed by atoms with Crippen molar-refractivity contribution in [3.8, 4) is 5.75 Å². The lowest BCUT2D eigenvalue weighted by Crippen LogP contribution is -2.55. The van der Waals surface area contributed by atoms with E-state index in [-0.39, 0.29) is 36.1 Å². The summed E-state index contributed by atoms with van der Waals surface area (Å²) in [5.74, 6) is -0.786. The molecule has 2 amide bonds. The fraction of sp³-hybridized carbons (Fsp3) is 0.529. The molecule has 28 heavy (non-hydrogen) atoms. The molecule has 11 heteroatoms. The van der Waals surface area contributed by atoms with Crippen molar-refractivity contribution >= 4 is 33.4 Å². The third kappa shape index (κ3) is 4.24. The van der Waals surface area contributed by atoms with Gasteiger partial charge in [-0.25, -0.2) is 8.42 Å². The monoisotopic (exact) mass is 431 g/mol. The van der Waals surface area contributed by atoms with Crippen LogP contribution in [0.4, 0.5) is 0 Å². The lowest BCUT2D eigenvalue weighted by Gasteiger charge is -2.35. The molecule has 2 aliphatic heterocycles. The number of hydrogen-bond acceptors (Lipinski definition) is 6. The molecule has 2 aliphatic rings. The van der Waals surface area contributed by atoms with E-state index in [0.29, 0.717) is 32.1 Å². The Morgan fingerprint density at radius 2 is 1.57 bits per heavy atom. The molecule has 0 bridgehead atoms. The van der Waals surface area contributed by atoms with Crippen molar-refractivity contribution in [2.75, 3.05) is 59.6 Å². The first-order chi connectivity index (χ1) is 13.3. The molecule has 0 unspecified atom stereocenters. The first-order valence-corrected chi connectivity index (χ1v) is 10.7. The van der Waals surface area contributed by atoms with Gasteiger partial charge in [-0.3, -0.25) is 9.59 Å². The standard InChI is InChI=1S/C17H22ClN3O6S/c1-26-15-3-2-13(12-14(15)18)28(24,25)21-6-4-19(5-7-21)16(22)17(23)20-8-10-27-11-9-20/h2-3,12H,4-11H2,1H3. The minimum absolute atomic E-state index is 0.0578. The number of carbonyl (C=O) groups is 2. The van der Waals surface area contributed by atoms with Crippen LogP contribution in [0.2, 0.25) is 5.02 Å². The Bertz CT molecular complexity index is 848. The van der Waals surface area contributed by atoms with E-state index in [1.807, 2.05) is 0 Å². The van der Waals surface area contributed by atoms with Crippen LogP contribution in [-0.2, 0) is 24.3 Å². The molecule has 1 aromatic carbocycles. The molecule has 2 heterocycles. The second-order valence-electron chi connectivity index (χ2n) is 6.40. The number of methoxy groups -OCH3 is 1. The van der Waals surface area contributed by atoms with Gasteiger partial charge in [-0.2, -0.15) is 4.31 Å². The highest BCUT2D eigenvalue weighted by Gasteiger charge is 2.34. The van der Waals surface area contributed by atoms with E-state index in [9.17, 15) is 18.0 Å². The Kier molecular flexibility index (Phi) is 6.43. The van der Waals surface area contributed by atoms with Crippen LogP contribution in [0.15, 0.2) is 23.1 Å². The molecule has 0 atom stereocenters. The summed E-state index contributed by atoms with van der Waals surface area (Å²) < 4.78 is 37.2. The maximum absolute atomic E-state index is 12.8. The zero-order valence-electron chi connectivity index (χ0n) is 15.5. The molecule has 1 aromatic rings. The minimum Gasteiger partial charge on any atom is -0.495 e. The molecular formula is C17H22ClN3O6S. The van der Waals surface area contributed by atoms with E-state index in [2.05, 4.69) is 0 Å². The van der Waals surface area contributed by atoms with Gasteiger partial charge in [0.1, 0.15) is 5.75 Å². The summed E-state index contributed by atoms with van der Waals surface area (Å²) in [5, 5.41) is 0.202. The van der Waals surface area contributed by atoms with Gasteiger partial charge in [0.15, 0.2) is 0 Å². The molecule has 0 radical (unpaired) electrons. The smallest absolute Gasteiger partial charge is 0.312 e. The van der Waals surface area contributed by atoms with Crippen LogP contribution >= 0.6 is 11.6 Å². The van der Waals surface area contributed by atoms with Crippen molar-refractivity contribution in [1.82, 2.24) is 14.1 Å². The van der Waals surface area contributed by atoms with Gasteiger partial charge in [0.05, 0.1) is 30.2 Å². The number of halogens is 1. The fourth-order valence-electron chi connectivity index (χ4n) is 3.13. The van der Waals surface area contributed by atoms with Crippen LogP contribution in [0.25, 0.3) is 0 Å². The number of benzene rings is 1. The quantitative estimate of drug-likeness (QED) is 0.627. The SMILES string of the molecule is COc1ccc(S(=O)(=O)N2CCN(C(=O)C(=O)N3CCOCC3)CC2)cc1Cl. The first kappa shape index (κ1) is 20.8. The van der Waals surface area contributed by atoms with Gasteiger partial charge in [-0.1, -0.05) is 11.6 Å². The lowest BCUT2D eigenvalue weighted by atomic mass is 10.3. The number of carbonyl (C=O) groups excluding carboxylic acids is 2. The molecule has 0 saturated carbocycles. The molecule has 3 rings (SSSR count). The Morgan fingerprint density at radius 1 is 1.00 bits per heavy atom. The normalized spacial score (nSPS) is 18.8. The number of sulfonamides is 1. The second kappa shape index (κ2) is 8.64. The van der Waals surface area contributed by atoms with Crippen LogP contribution in [0.1, 0.15) is 0 Å². The highest BCUT2D eigenvalue weighted by molar-refractivity contribution is 7.89. The number of piperazine rings is 1. The Labute approximate surface area is 168 Å². The molecule has 2 saturated heterocycles. The van der Waals surface area contributed by atoms with Gasteiger partial charge in [0, 0.05) is 39.3 Å². The topological polar surface area (TPSA) is 96.5 Å². The van der Waals surface area contributed by atoms with Gasteiger partial charge in [0.25, 0.3) is 0 Å². The summed E-state index contributed by atoms with van der Waals surface area (Å²) in [5.41, 5.74) is 0. The summed E-state index contributed by atoms with van der Waals surface area (Å²) in [4.78, 5) is 27.7. The van der Waals surface area contributed by atoms with Gasteiger partial charge in [-0.05, 0) is 18.2 Å². The average Bonchev–Trinajstić information content (AvgIpc) is 2.73. The predicted octanol–water partition coefficient (Wildman–Crippen LogP) is 0.0403. The summed E-state index contributed by atoms with van der Waals surface area (Å²) in [6.07, 6.45) is 0. The van der Waals surface area contributed by atoms with Crippen LogP contribution in [0.3, 0.4) is 0 Å². The largest absolute Gasteiger partial charge is 0.495 e. The summed E-state index contributed by atoms with van der Waals surface area (Å²) in [6, 6.07) is 4.27. The number of ether oxygens (including phenoxy) is 2. The van der Waals surface area contributed by atoms with E-state index >= 15 is 0 Å². The molecule has 154 valence electrons. The van der Waals surface area contributed by atoms with Gasteiger partial charge in [0.2, 0.25) is 10.0 Å². The number of amides is 2. The van der Waals surface area contributed by atoms with Crippen LogP contribution in [-0.4, -0.2) is 93.9 Å². The van der Waals surface area contributed by atoms with E-state index in [1.54, 1.807) is 0 Å². The summed E-state index contributed by atoms with van der Waals surface area (Å²) in [7, 11) is -2.31. The number of morpholine rings is 1. The summed E-state index contributed by atoms with van der Waals surface area (Å²) >= 11 is 6.04. The van der Waals surface area contributed by atoms with Crippen molar-refractivity contribution in [2.45, 2.75) is 4.90 Å². The number of hydrogen-bond donors (Lipinski definition) is 0. The molecule has 0 aromatic heterocycles. The first-order valence-electron chi connectivity index (χ1n) is 8.84. The highest BCUT2D eigenvalue weighted by atomic mass is 35.5. The fourth-order valence-corrected chi connectivity index (χ4v) is 4.90. The molecule has 0 spiro atoms. The highest BCUT2D eigenvalue weighted by Crippen LogP contribution is 2.28. The predicted molar refractivity (Wildman–Crippen MR) is 101 cm³/mol. The molecular weight excluding hydrogens is 410 g/mol. The Hall–Kier alpha value is -1.88. The third-order valence-electron chi connectivity index (χ3n) is 4.77. The maximum Gasteiger partial charge on any atom is 0.312 e. The third-order valence-corrected chi connectivity index (χ3v) is 6.96. The molecule has 9 nitrogen and oxygen atoms in total. The van der Waals surface area contributed by atoms with Crippen LogP contribution in [0, 0.1) is 0 Å². The lowest BCUT2D eigenvalue weighted by molar-refractivity contribution is -0.154. The maximum atomic E-state index is 12.8. The average molecular weight is 432 g/mol. The Balaban J connectivity index is 1.63.